The molecule has 0 spiro atoms. The van der Waals surface area contributed by atoms with Crippen LogP contribution in [-0.4, -0.2) is 64.6 Å². The molecule has 2 rings (SSSR count). The number of carbonyl (C=O) groups is 3. The van der Waals surface area contributed by atoms with Crippen molar-refractivity contribution in [2.75, 3.05) is 19.6 Å². The number of halogens is 3. The van der Waals surface area contributed by atoms with E-state index in [1.807, 2.05) is 26.8 Å². The van der Waals surface area contributed by atoms with Crippen molar-refractivity contribution >= 4 is 23.6 Å². The number of nitrogens with one attached hydrogen (secondary N) is 2. The molecule has 0 aliphatic carbocycles. The van der Waals surface area contributed by atoms with Crippen molar-refractivity contribution < 1.29 is 42.3 Å². The van der Waals surface area contributed by atoms with Gasteiger partial charge in [-0.15, -0.1) is 0 Å². The van der Waals surface area contributed by atoms with Gasteiger partial charge in [-0.3, -0.25) is 19.7 Å². The number of ether oxygens (including phenoxy) is 1. The summed E-state index contributed by atoms with van der Waals surface area (Å²) >= 11 is 0. The van der Waals surface area contributed by atoms with Crippen LogP contribution in [0.2, 0.25) is 0 Å². The molecule has 0 aromatic heterocycles. The zero-order valence-corrected chi connectivity index (χ0v) is 23.5. The summed E-state index contributed by atoms with van der Waals surface area (Å²) in [5.74, 6) is -1.92. The van der Waals surface area contributed by atoms with E-state index in [0.717, 1.165) is 5.56 Å². The van der Waals surface area contributed by atoms with Crippen molar-refractivity contribution in [3.63, 3.8) is 0 Å². The molecule has 3 N–H and O–H groups in total. The molecule has 14 heteroatoms. The third kappa shape index (κ3) is 11.0. The van der Waals surface area contributed by atoms with Crippen molar-refractivity contribution in [3.05, 3.63) is 75.3 Å². The lowest BCUT2D eigenvalue weighted by Gasteiger charge is -2.31. The number of hydrogen-bond donors (Lipinski definition) is 3. The molecule has 230 valence electrons. The largest absolute Gasteiger partial charge is 0.445 e. The third-order valence-corrected chi connectivity index (χ3v) is 5.99. The number of hydrogen-bond acceptors (Lipinski definition) is 7. The lowest BCUT2D eigenvalue weighted by Crippen LogP contribution is -2.54. The van der Waals surface area contributed by atoms with Gasteiger partial charge in [0.15, 0.2) is 0 Å². The second-order valence-electron chi connectivity index (χ2n) is 10.1. The minimum atomic E-state index is -4.94. The maximum absolute atomic E-state index is 13.2. The van der Waals surface area contributed by atoms with Crippen molar-refractivity contribution in [3.8, 4) is 0 Å². The van der Waals surface area contributed by atoms with E-state index in [2.05, 4.69) is 10.6 Å². The Kier molecular flexibility index (Phi) is 12.7. The molecule has 0 aliphatic rings. The number of carbonyl (C=O) groups excluding carboxylic acids is 3. The molecule has 0 fully saturated rings. The molecule has 0 saturated heterocycles. The Morgan fingerprint density at radius 3 is 2.33 bits per heavy atom. The van der Waals surface area contributed by atoms with Gasteiger partial charge < -0.3 is 25.4 Å². The van der Waals surface area contributed by atoms with Crippen molar-refractivity contribution in [2.24, 2.45) is 5.92 Å². The van der Waals surface area contributed by atoms with E-state index in [1.165, 1.54) is 4.90 Å². The van der Waals surface area contributed by atoms with Gasteiger partial charge in [-0.25, -0.2) is 4.79 Å². The molecular weight excluding hydrogens is 561 g/mol. The van der Waals surface area contributed by atoms with Crippen LogP contribution in [-0.2, 0) is 22.3 Å². The summed E-state index contributed by atoms with van der Waals surface area (Å²) in [5.41, 5.74) is -2.21. The molecule has 2 aromatic rings. The van der Waals surface area contributed by atoms with Crippen molar-refractivity contribution in [2.45, 2.75) is 58.5 Å². The quantitative estimate of drug-likeness (QED) is 0.218. The predicted octanol–water partition coefficient (Wildman–Crippen LogP) is 4.28. The van der Waals surface area contributed by atoms with E-state index in [1.54, 1.807) is 24.3 Å². The first-order valence-electron chi connectivity index (χ1n) is 13.3. The molecule has 0 heterocycles. The van der Waals surface area contributed by atoms with Crippen LogP contribution in [0, 0.1) is 16.0 Å². The summed E-state index contributed by atoms with van der Waals surface area (Å²) in [6.45, 7) is 5.01. The Bertz CT molecular complexity index is 1230. The average Bonchev–Trinajstić information content (AvgIpc) is 2.93. The number of aliphatic hydroxyl groups is 1. The Labute approximate surface area is 241 Å². The Morgan fingerprint density at radius 1 is 1.10 bits per heavy atom. The highest BCUT2D eigenvalue weighted by molar-refractivity contribution is 5.97. The first-order chi connectivity index (χ1) is 19.7. The Hall–Kier alpha value is -4.20. The summed E-state index contributed by atoms with van der Waals surface area (Å²) in [4.78, 5) is 49.5. The monoisotopic (exact) mass is 596 g/mol. The first kappa shape index (κ1) is 34.0. The zero-order valence-electron chi connectivity index (χ0n) is 23.5. The fourth-order valence-corrected chi connectivity index (χ4v) is 4.00. The summed E-state index contributed by atoms with van der Waals surface area (Å²) in [5, 5.41) is 26.5. The number of amides is 3. The fourth-order valence-electron chi connectivity index (χ4n) is 4.00. The van der Waals surface area contributed by atoms with Crippen molar-refractivity contribution in [1.82, 2.24) is 15.5 Å². The van der Waals surface area contributed by atoms with E-state index in [4.69, 9.17) is 4.74 Å². The van der Waals surface area contributed by atoms with E-state index < -0.39 is 64.5 Å². The molecule has 42 heavy (non-hydrogen) atoms. The maximum atomic E-state index is 13.2. The van der Waals surface area contributed by atoms with Gasteiger partial charge in [0.25, 0.3) is 11.6 Å². The third-order valence-electron chi connectivity index (χ3n) is 5.99. The molecule has 0 radical (unpaired) electrons. The number of rotatable bonds is 14. The molecule has 0 bridgehead atoms. The maximum Gasteiger partial charge on any atom is 0.416 e. The number of alkyl halides is 3. The molecular formula is C28H35F3N4O7. The van der Waals surface area contributed by atoms with Crippen LogP contribution in [0.5, 0.6) is 0 Å². The number of non-ortho nitro benzene ring substituents is 1. The van der Waals surface area contributed by atoms with Crippen LogP contribution in [0.1, 0.15) is 55.1 Å². The second-order valence-corrected chi connectivity index (χ2v) is 10.1. The molecule has 2 atom stereocenters. The van der Waals surface area contributed by atoms with E-state index in [-0.39, 0.29) is 32.0 Å². The number of nitro benzene ring substituents is 1. The molecule has 2 aromatic carbocycles. The summed E-state index contributed by atoms with van der Waals surface area (Å²) in [6.07, 6.45) is -5.83. The standard InChI is InChI=1S/C28H35F3N4O7/c1-4-8-24(36)23(16-34(15-18(2)3)27(39)42-17-19-9-6-5-7-10-19)33-25(37)14-32-26(38)20-11-21(28(29,30)31)13-22(12-20)35(40)41/h5-7,9-13,18,23-24,36H,4,8,14-17H2,1-3H3,(H,32,38)(H,33,37)/t23-,24-/m0/s1. The van der Waals surface area contributed by atoms with Gasteiger partial charge >= 0.3 is 12.3 Å². The second kappa shape index (κ2) is 15.7. The van der Waals surface area contributed by atoms with Crippen LogP contribution in [0.4, 0.5) is 23.7 Å². The van der Waals surface area contributed by atoms with E-state index >= 15 is 0 Å². The van der Waals surface area contributed by atoms with Crippen LogP contribution in [0.25, 0.3) is 0 Å². The average molecular weight is 597 g/mol. The minimum absolute atomic E-state index is 0.0164. The number of aliphatic hydroxyl groups excluding tert-OH is 1. The summed E-state index contributed by atoms with van der Waals surface area (Å²) < 4.78 is 44.9. The number of nitro groups is 1. The van der Waals surface area contributed by atoms with Gasteiger partial charge in [-0.2, -0.15) is 13.2 Å². The molecule has 3 amide bonds. The van der Waals surface area contributed by atoms with Crippen LogP contribution < -0.4 is 10.6 Å². The lowest BCUT2D eigenvalue weighted by atomic mass is 10.0. The molecule has 0 aliphatic heterocycles. The number of nitrogens with zero attached hydrogens (tertiary/aromatic N) is 2. The van der Waals surface area contributed by atoms with Gasteiger partial charge in [-0.05, 0) is 24.0 Å². The Morgan fingerprint density at radius 2 is 1.76 bits per heavy atom. The van der Waals surface area contributed by atoms with Crippen LogP contribution in [0.3, 0.4) is 0 Å². The smallest absolute Gasteiger partial charge is 0.416 e. The van der Waals surface area contributed by atoms with Gasteiger partial charge in [0.1, 0.15) is 6.61 Å². The normalized spacial score (nSPS) is 12.8. The summed E-state index contributed by atoms with van der Waals surface area (Å²) in [7, 11) is 0. The summed E-state index contributed by atoms with van der Waals surface area (Å²) in [6, 6.07) is 9.46. The minimum Gasteiger partial charge on any atom is -0.445 e. The van der Waals surface area contributed by atoms with Gasteiger partial charge in [0.05, 0.1) is 29.2 Å². The van der Waals surface area contributed by atoms with Crippen LogP contribution in [0.15, 0.2) is 48.5 Å². The highest BCUT2D eigenvalue weighted by Gasteiger charge is 2.34. The Balaban J connectivity index is 2.12. The van der Waals surface area contributed by atoms with Gasteiger partial charge in [0, 0.05) is 30.8 Å². The van der Waals surface area contributed by atoms with Gasteiger partial charge in [-0.1, -0.05) is 57.5 Å². The highest BCUT2D eigenvalue weighted by atomic mass is 19.4. The topological polar surface area (TPSA) is 151 Å². The zero-order chi connectivity index (χ0) is 31.4. The van der Waals surface area contributed by atoms with E-state index in [0.29, 0.717) is 24.6 Å². The van der Waals surface area contributed by atoms with Crippen LogP contribution >= 0.6 is 0 Å². The molecule has 0 unspecified atom stereocenters. The van der Waals surface area contributed by atoms with Gasteiger partial charge in [0.2, 0.25) is 5.91 Å². The molecule has 0 saturated carbocycles. The fraction of sp³-hybridized carbons (Fsp3) is 0.464. The SMILES string of the molecule is CCC[C@H](O)[C@H](CN(CC(C)C)C(=O)OCc1ccccc1)NC(=O)CNC(=O)c1cc([N+](=O)[O-])cc(C(F)(F)F)c1. The van der Waals surface area contributed by atoms with E-state index in [9.17, 15) is 42.8 Å². The lowest BCUT2D eigenvalue weighted by molar-refractivity contribution is -0.385. The van der Waals surface area contributed by atoms with Crippen molar-refractivity contribution in [1.29, 1.82) is 0 Å². The molecule has 11 nitrogen and oxygen atoms in total. The number of benzene rings is 2. The highest BCUT2D eigenvalue weighted by Crippen LogP contribution is 2.32. The first-order valence-corrected chi connectivity index (χ1v) is 13.3. The predicted molar refractivity (Wildman–Crippen MR) is 146 cm³/mol.